The highest BCUT2D eigenvalue weighted by atomic mass is 19.4. The number of hydrogen-bond donors (Lipinski definition) is 2. The van der Waals surface area contributed by atoms with Gasteiger partial charge in [-0.25, -0.2) is 5.43 Å². The molecule has 0 saturated heterocycles. The van der Waals surface area contributed by atoms with Crippen molar-refractivity contribution in [3.63, 3.8) is 0 Å². The van der Waals surface area contributed by atoms with Crippen LogP contribution in [0.1, 0.15) is 25.0 Å². The van der Waals surface area contributed by atoms with Crippen molar-refractivity contribution in [2.45, 2.75) is 26.1 Å². The Morgan fingerprint density at radius 1 is 1.19 bits per heavy atom. The molecule has 5 nitrogen and oxygen atoms in total. The van der Waals surface area contributed by atoms with Gasteiger partial charge in [0.05, 0.1) is 11.8 Å². The number of benzene rings is 1. The Kier molecular flexibility index (Phi) is 5.45. The first kappa shape index (κ1) is 16.7. The zero-order valence-corrected chi connectivity index (χ0v) is 11.4. The Bertz CT molecular complexity index is 554. The predicted octanol–water partition coefficient (Wildman–Crippen LogP) is 1.68. The fraction of sp³-hybridized carbons (Fsp3) is 0.308. The molecule has 0 aliphatic rings. The first-order chi connectivity index (χ1) is 9.71. The molecular weight excluding hydrogens is 287 g/mol. The highest BCUT2D eigenvalue weighted by Crippen LogP contribution is 2.30. The molecule has 2 N–H and O–H groups in total. The maximum absolute atomic E-state index is 12.7. The number of rotatable bonds is 3. The summed E-state index contributed by atoms with van der Waals surface area (Å²) in [6.07, 6.45) is -3.69. The van der Waals surface area contributed by atoms with Crippen molar-refractivity contribution in [1.82, 2.24) is 10.7 Å². The van der Waals surface area contributed by atoms with Crippen LogP contribution in [0.3, 0.4) is 0 Å². The van der Waals surface area contributed by atoms with Gasteiger partial charge >= 0.3 is 18.0 Å². The average molecular weight is 301 g/mol. The summed E-state index contributed by atoms with van der Waals surface area (Å²) in [4.78, 5) is 22.5. The van der Waals surface area contributed by atoms with Gasteiger partial charge in [0.2, 0.25) is 0 Å². The molecule has 21 heavy (non-hydrogen) atoms. The summed E-state index contributed by atoms with van der Waals surface area (Å²) in [7, 11) is 0. The lowest BCUT2D eigenvalue weighted by molar-refractivity contribution is -0.139. The summed E-state index contributed by atoms with van der Waals surface area (Å²) in [6, 6.07) is 4.51. The van der Waals surface area contributed by atoms with Crippen molar-refractivity contribution in [3.8, 4) is 0 Å². The third kappa shape index (κ3) is 5.25. The number of nitrogens with zero attached hydrogens (tertiary/aromatic N) is 1. The van der Waals surface area contributed by atoms with E-state index in [1.807, 2.05) is 5.43 Å². The second-order valence-corrected chi connectivity index (χ2v) is 4.41. The molecule has 0 aromatic heterocycles. The van der Waals surface area contributed by atoms with Crippen LogP contribution in [-0.4, -0.2) is 24.1 Å². The van der Waals surface area contributed by atoms with Crippen LogP contribution >= 0.6 is 0 Å². The molecule has 0 heterocycles. The lowest BCUT2D eigenvalue weighted by Crippen LogP contribution is -2.41. The minimum Gasteiger partial charge on any atom is -0.346 e. The largest absolute Gasteiger partial charge is 0.417 e. The van der Waals surface area contributed by atoms with Crippen molar-refractivity contribution in [3.05, 3.63) is 35.4 Å². The number of carbonyl (C=O) groups excluding carboxylic acids is 2. The van der Waals surface area contributed by atoms with Gasteiger partial charge in [-0.1, -0.05) is 18.2 Å². The lowest BCUT2D eigenvalue weighted by Gasteiger charge is -2.09. The third-order valence-corrected chi connectivity index (χ3v) is 2.26. The highest BCUT2D eigenvalue weighted by molar-refractivity contribution is 6.35. The minimum atomic E-state index is -4.53. The molecule has 114 valence electrons. The molecule has 1 aromatic carbocycles. The molecule has 1 rings (SSSR count). The third-order valence-electron chi connectivity index (χ3n) is 2.26. The Hall–Kier alpha value is -2.38. The summed E-state index contributed by atoms with van der Waals surface area (Å²) in [5.74, 6) is -1.96. The van der Waals surface area contributed by atoms with Crippen LogP contribution in [0.15, 0.2) is 29.4 Å². The number of hydrogen-bond acceptors (Lipinski definition) is 3. The molecule has 0 aliphatic carbocycles. The Labute approximate surface area is 119 Å². The summed E-state index contributed by atoms with van der Waals surface area (Å²) in [6.45, 7) is 3.32. The van der Waals surface area contributed by atoms with Crippen molar-refractivity contribution in [1.29, 1.82) is 0 Å². The molecular formula is C13H14F3N3O2. The second kappa shape index (κ2) is 6.87. The van der Waals surface area contributed by atoms with Gasteiger partial charge in [-0.2, -0.15) is 18.3 Å². The van der Waals surface area contributed by atoms with E-state index in [0.717, 1.165) is 12.3 Å². The van der Waals surface area contributed by atoms with E-state index in [2.05, 4.69) is 10.4 Å². The maximum Gasteiger partial charge on any atom is 0.417 e. The van der Waals surface area contributed by atoms with Crippen molar-refractivity contribution < 1.29 is 22.8 Å². The molecule has 1 aromatic rings. The van der Waals surface area contributed by atoms with E-state index in [9.17, 15) is 22.8 Å². The first-order valence-electron chi connectivity index (χ1n) is 6.02. The molecule has 0 spiro atoms. The molecule has 0 atom stereocenters. The smallest absolute Gasteiger partial charge is 0.346 e. The topological polar surface area (TPSA) is 70.6 Å². The maximum atomic E-state index is 12.7. The summed E-state index contributed by atoms with van der Waals surface area (Å²) in [5.41, 5.74) is 0.773. The number of nitrogens with one attached hydrogen (secondary N) is 2. The zero-order chi connectivity index (χ0) is 16.0. The molecule has 0 aliphatic heterocycles. The van der Waals surface area contributed by atoms with Crippen molar-refractivity contribution in [2.24, 2.45) is 5.10 Å². The van der Waals surface area contributed by atoms with Crippen LogP contribution in [0.2, 0.25) is 0 Å². The standard InChI is InChI=1S/C13H14F3N3O2/c1-8(2)18-11(20)12(21)19-17-7-9-5-3-4-6-10(9)13(14,15)16/h3-8H,1-2H3,(H,18,20)(H,19,21)/b17-7-. The van der Waals surface area contributed by atoms with Crippen LogP contribution in [0.5, 0.6) is 0 Å². The molecule has 0 unspecified atom stereocenters. The van der Waals surface area contributed by atoms with Gasteiger partial charge in [-0.3, -0.25) is 9.59 Å². The Morgan fingerprint density at radius 3 is 2.38 bits per heavy atom. The fourth-order valence-corrected chi connectivity index (χ4v) is 1.41. The summed E-state index contributed by atoms with van der Waals surface area (Å²) in [5, 5.41) is 5.68. The van der Waals surface area contributed by atoms with Gasteiger partial charge < -0.3 is 5.32 Å². The fourth-order valence-electron chi connectivity index (χ4n) is 1.41. The van der Waals surface area contributed by atoms with Gasteiger partial charge in [0.1, 0.15) is 0 Å². The Balaban J connectivity index is 2.75. The predicted molar refractivity (Wildman–Crippen MR) is 70.5 cm³/mol. The Morgan fingerprint density at radius 2 is 1.81 bits per heavy atom. The minimum absolute atomic E-state index is 0.213. The van der Waals surface area contributed by atoms with Crippen LogP contribution in [0.25, 0.3) is 0 Å². The normalized spacial score (nSPS) is 11.7. The van der Waals surface area contributed by atoms with E-state index in [-0.39, 0.29) is 11.6 Å². The van der Waals surface area contributed by atoms with Crippen molar-refractivity contribution in [2.75, 3.05) is 0 Å². The number of halogens is 3. The van der Waals surface area contributed by atoms with Crippen LogP contribution in [-0.2, 0) is 15.8 Å². The highest BCUT2D eigenvalue weighted by Gasteiger charge is 2.32. The second-order valence-electron chi connectivity index (χ2n) is 4.41. The molecule has 0 saturated carbocycles. The van der Waals surface area contributed by atoms with E-state index < -0.39 is 23.6 Å². The quantitative estimate of drug-likeness (QED) is 0.506. The number of carbonyl (C=O) groups is 2. The van der Waals surface area contributed by atoms with Gasteiger partial charge in [-0.05, 0) is 19.9 Å². The number of amides is 2. The van der Waals surface area contributed by atoms with Crippen LogP contribution in [0, 0.1) is 0 Å². The van der Waals surface area contributed by atoms with E-state index >= 15 is 0 Å². The van der Waals surface area contributed by atoms with Gasteiger partial charge in [0.15, 0.2) is 0 Å². The lowest BCUT2D eigenvalue weighted by atomic mass is 10.1. The zero-order valence-electron chi connectivity index (χ0n) is 11.4. The van der Waals surface area contributed by atoms with E-state index in [1.54, 1.807) is 13.8 Å². The molecule has 0 radical (unpaired) electrons. The van der Waals surface area contributed by atoms with E-state index in [1.165, 1.54) is 18.2 Å². The average Bonchev–Trinajstić information content (AvgIpc) is 2.37. The SMILES string of the molecule is CC(C)NC(=O)C(=O)N/N=C\c1ccccc1C(F)(F)F. The molecule has 0 fully saturated rings. The van der Waals surface area contributed by atoms with E-state index in [4.69, 9.17) is 0 Å². The van der Waals surface area contributed by atoms with Gasteiger partial charge in [0.25, 0.3) is 0 Å². The van der Waals surface area contributed by atoms with Gasteiger partial charge in [-0.15, -0.1) is 0 Å². The van der Waals surface area contributed by atoms with E-state index in [0.29, 0.717) is 0 Å². The number of hydrazone groups is 1. The van der Waals surface area contributed by atoms with Crippen LogP contribution < -0.4 is 10.7 Å². The van der Waals surface area contributed by atoms with Crippen LogP contribution in [0.4, 0.5) is 13.2 Å². The first-order valence-corrected chi connectivity index (χ1v) is 6.02. The van der Waals surface area contributed by atoms with Gasteiger partial charge in [0, 0.05) is 11.6 Å². The molecule has 8 heteroatoms. The van der Waals surface area contributed by atoms with Crippen molar-refractivity contribution >= 4 is 18.0 Å². The molecule has 2 amide bonds. The summed E-state index contributed by atoms with van der Waals surface area (Å²) < 4.78 is 38.1. The molecule has 0 bridgehead atoms. The summed E-state index contributed by atoms with van der Waals surface area (Å²) >= 11 is 0. The monoisotopic (exact) mass is 301 g/mol. The number of alkyl halides is 3.